The van der Waals surface area contributed by atoms with Gasteiger partial charge in [0.15, 0.2) is 18.4 Å². The molecular weight excluding hydrogens is 702 g/mol. The Morgan fingerprint density at radius 2 is 1.57 bits per heavy atom. The summed E-state index contributed by atoms with van der Waals surface area (Å²) in [7, 11) is 9.09. The number of hydrogen-bond acceptors (Lipinski definition) is 11. The molecule has 3 aliphatic carbocycles. The van der Waals surface area contributed by atoms with Crippen LogP contribution in [-0.2, 0) is 47.5 Å². The number of methoxy groups -OCH3 is 3. The predicted molar refractivity (Wildman–Crippen MR) is 199 cm³/mol. The van der Waals surface area contributed by atoms with Crippen LogP contribution in [0, 0.1) is 35.5 Å². The van der Waals surface area contributed by atoms with E-state index in [1.165, 1.54) is 0 Å². The number of halogens is 1. The Morgan fingerprint density at radius 1 is 0.830 bits per heavy atom. The Hall–Kier alpha value is -1.41. The number of rotatable bonds is 9. The summed E-state index contributed by atoms with van der Waals surface area (Å²) >= 11 is 7.14. The van der Waals surface area contributed by atoms with Crippen molar-refractivity contribution in [2.75, 3.05) is 35.4 Å². The third-order valence-corrected chi connectivity index (χ3v) is 13.7. The SMILES string of the molecule is CC[C@H]1CCC[C@H](O[C@H]2CC[C@H](N(C)C)C(C)O2)[C@@H](C)C(=O)C2=C[C@@H]3C(C=C(Cl)C4C[C@@H](O[C@@H]5OC(C)[C@H](OC)C(OC)[C@@H]5OC)C[C@H]43)[C@@H]2CC(=O)O1. The van der Waals surface area contributed by atoms with Gasteiger partial charge >= 0.3 is 5.97 Å². The molecule has 0 aromatic rings. The second-order valence-corrected chi connectivity index (χ2v) is 17.0. The number of esters is 1. The molecule has 53 heavy (non-hydrogen) atoms. The maximum atomic E-state index is 14.7. The monoisotopic (exact) mass is 765 g/mol. The molecule has 0 radical (unpaired) electrons. The number of ketones is 1. The van der Waals surface area contributed by atoms with Crippen LogP contribution in [0.3, 0.4) is 0 Å². The van der Waals surface area contributed by atoms with Crippen molar-refractivity contribution in [3.05, 3.63) is 22.8 Å². The number of Topliss-reactive ketones (excluding diaryl/α,β-unsaturated/α-hetero) is 1. The smallest absolute Gasteiger partial charge is 0.306 e. The molecule has 17 atom stereocenters. The minimum atomic E-state index is -0.641. The predicted octanol–water partition coefficient (Wildman–Crippen LogP) is 6.05. The fraction of sp³-hybridized carbons (Fsp3) is 0.854. The lowest BCUT2D eigenvalue weighted by Crippen LogP contribution is -2.59. The standard InChI is InChI=1S/C41H64ClNO10/c1-10-24-12-11-13-34(53-36-15-14-33(43(5)6)22(3)49-36)21(2)37(45)31-18-27-26-16-25(17-30(26)32(42)19-28(27)29(31)20-35(44)51-24)52-41-40(48-9)39(47-8)38(46-7)23(4)50-41/h18-19,21-30,33-34,36,38-41H,10-17,20H2,1-9H3/t21-,22?,23?,24+,25+,26+,27+,28?,29+,30?,33+,34+,36+,38+,39?,40+,41+/m1/s1. The molecule has 0 amide bonds. The van der Waals surface area contributed by atoms with Gasteiger partial charge < -0.3 is 42.8 Å². The molecule has 0 bridgehead atoms. The number of ether oxygens (including phenoxy) is 8. The lowest BCUT2D eigenvalue weighted by Gasteiger charge is -2.44. The van der Waals surface area contributed by atoms with Gasteiger partial charge in [-0.2, -0.15) is 0 Å². The Balaban J connectivity index is 1.23. The van der Waals surface area contributed by atoms with Gasteiger partial charge in [0.1, 0.15) is 24.4 Å². The molecule has 0 aromatic carbocycles. The number of carbonyl (C=O) groups excluding carboxylic acids is 2. The molecule has 5 unspecified atom stereocenters. The highest BCUT2D eigenvalue weighted by molar-refractivity contribution is 6.30. The first-order valence-corrected chi connectivity index (χ1v) is 20.5. The quantitative estimate of drug-likeness (QED) is 0.256. The minimum Gasteiger partial charge on any atom is -0.462 e. The molecular formula is C41H64ClNO10. The van der Waals surface area contributed by atoms with Gasteiger partial charge in [-0.3, -0.25) is 9.59 Å². The van der Waals surface area contributed by atoms with Crippen molar-refractivity contribution in [2.45, 2.75) is 153 Å². The first-order valence-electron chi connectivity index (χ1n) is 20.1. The largest absolute Gasteiger partial charge is 0.462 e. The zero-order valence-electron chi connectivity index (χ0n) is 33.2. The van der Waals surface area contributed by atoms with E-state index in [-0.39, 0.29) is 96.8 Å². The van der Waals surface area contributed by atoms with Crippen LogP contribution in [-0.4, -0.2) is 120 Å². The van der Waals surface area contributed by atoms with E-state index in [1.54, 1.807) is 21.3 Å². The van der Waals surface area contributed by atoms with Gasteiger partial charge in [-0.1, -0.05) is 37.6 Å². The van der Waals surface area contributed by atoms with Crippen molar-refractivity contribution < 1.29 is 47.5 Å². The van der Waals surface area contributed by atoms with Crippen LogP contribution in [0.5, 0.6) is 0 Å². The van der Waals surface area contributed by atoms with E-state index < -0.39 is 18.3 Å². The lowest BCUT2D eigenvalue weighted by molar-refractivity contribution is -0.314. The van der Waals surface area contributed by atoms with E-state index in [0.717, 1.165) is 50.0 Å². The summed E-state index contributed by atoms with van der Waals surface area (Å²) in [6.07, 6.45) is 7.58. The number of nitrogens with zero attached hydrogens (tertiary/aromatic N) is 1. The fourth-order valence-electron chi connectivity index (χ4n) is 10.4. The maximum Gasteiger partial charge on any atom is 0.306 e. The number of hydrogen-bond donors (Lipinski definition) is 0. The average Bonchev–Trinajstić information content (AvgIpc) is 3.71. The zero-order valence-corrected chi connectivity index (χ0v) is 34.0. The summed E-state index contributed by atoms with van der Waals surface area (Å²) in [4.78, 5) is 30.5. The maximum absolute atomic E-state index is 14.7. The van der Waals surface area contributed by atoms with E-state index in [0.29, 0.717) is 18.0 Å². The molecule has 0 spiro atoms. The molecule has 3 saturated heterocycles. The minimum absolute atomic E-state index is 0.0239. The van der Waals surface area contributed by atoms with Crippen LogP contribution in [0.2, 0.25) is 0 Å². The van der Waals surface area contributed by atoms with Gasteiger partial charge in [0, 0.05) is 50.2 Å². The summed E-state index contributed by atoms with van der Waals surface area (Å²) in [6.45, 7) is 8.10. The normalized spacial score (nSPS) is 45.3. The molecule has 300 valence electrons. The summed E-state index contributed by atoms with van der Waals surface area (Å²) < 4.78 is 49.5. The second-order valence-electron chi connectivity index (χ2n) is 16.6. The van der Waals surface area contributed by atoms with Crippen molar-refractivity contribution in [2.24, 2.45) is 35.5 Å². The number of likely N-dealkylation sites (N-methyl/N-ethyl adjacent to an activating group) is 1. The Bertz CT molecular complexity index is 1340. The van der Waals surface area contributed by atoms with E-state index in [2.05, 4.69) is 45.0 Å². The molecule has 1 saturated carbocycles. The van der Waals surface area contributed by atoms with Crippen molar-refractivity contribution in [1.29, 1.82) is 0 Å². The second kappa shape index (κ2) is 17.8. The van der Waals surface area contributed by atoms with Crippen LogP contribution in [0.15, 0.2) is 22.8 Å². The molecule has 3 heterocycles. The highest BCUT2D eigenvalue weighted by Gasteiger charge is 2.54. The van der Waals surface area contributed by atoms with Crippen LogP contribution >= 0.6 is 11.6 Å². The lowest BCUT2D eigenvalue weighted by atomic mass is 9.70. The van der Waals surface area contributed by atoms with Crippen molar-refractivity contribution in [1.82, 2.24) is 4.90 Å². The first kappa shape index (κ1) is 41.2. The average molecular weight is 766 g/mol. The molecule has 0 N–H and O–H groups in total. The Morgan fingerprint density at radius 3 is 2.23 bits per heavy atom. The summed E-state index contributed by atoms with van der Waals surface area (Å²) in [5.41, 5.74) is 0.709. The summed E-state index contributed by atoms with van der Waals surface area (Å²) in [5, 5.41) is 0.777. The number of carbonyl (C=O) groups is 2. The molecule has 12 heteroatoms. The topological polar surface area (TPSA) is 111 Å². The van der Waals surface area contributed by atoms with Crippen LogP contribution in [0.4, 0.5) is 0 Å². The van der Waals surface area contributed by atoms with Gasteiger partial charge in [0.25, 0.3) is 0 Å². The van der Waals surface area contributed by atoms with E-state index >= 15 is 0 Å². The van der Waals surface area contributed by atoms with Crippen LogP contribution < -0.4 is 0 Å². The van der Waals surface area contributed by atoms with Gasteiger partial charge in [-0.15, -0.1) is 0 Å². The van der Waals surface area contributed by atoms with E-state index in [9.17, 15) is 9.59 Å². The van der Waals surface area contributed by atoms with E-state index in [1.807, 2.05) is 13.8 Å². The molecule has 6 aliphatic rings. The third kappa shape index (κ3) is 8.64. The third-order valence-electron chi connectivity index (χ3n) is 13.3. The van der Waals surface area contributed by atoms with Crippen molar-refractivity contribution >= 4 is 23.4 Å². The first-order chi connectivity index (χ1) is 25.4. The van der Waals surface area contributed by atoms with Gasteiger partial charge in [-0.05, 0) is 103 Å². The molecule has 6 rings (SSSR count). The van der Waals surface area contributed by atoms with Crippen LogP contribution in [0.1, 0.15) is 85.5 Å². The molecule has 4 fully saturated rings. The molecule has 3 aliphatic heterocycles. The van der Waals surface area contributed by atoms with Crippen molar-refractivity contribution in [3.8, 4) is 0 Å². The van der Waals surface area contributed by atoms with Gasteiger partial charge in [-0.25, -0.2) is 0 Å². The van der Waals surface area contributed by atoms with Crippen molar-refractivity contribution in [3.63, 3.8) is 0 Å². The zero-order chi connectivity index (χ0) is 38.1. The fourth-order valence-corrected chi connectivity index (χ4v) is 10.8. The Labute approximate surface area is 321 Å². The number of allylic oxidation sites excluding steroid dienone is 4. The summed E-state index contributed by atoms with van der Waals surface area (Å²) in [6, 6.07) is 0.327. The highest BCUT2D eigenvalue weighted by Crippen LogP contribution is 2.57. The summed E-state index contributed by atoms with van der Waals surface area (Å²) in [5.74, 6) is -0.777. The number of cyclic esters (lactones) is 1. The van der Waals surface area contributed by atoms with Gasteiger partial charge in [0.05, 0.1) is 30.8 Å². The Kier molecular flexibility index (Phi) is 13.9. The highest BCUT2D eigenvalue weighted by atomic mass is 35.5. The van der Waals surface area contributed by atoms with E-state index in [4.69, 9.17) is 49.5 Å². The van der Waals surface area contributed by atoms with Gasteiger partial charge in [0.2, 0.25) is 0 Å². The number of fused-ring (bicyclic) bond motifs is 5. The van der Waals surface area contributed by atoms with Crippen LogP contribution in [0.25, 0.3) is 0 Å². The molecule has 11 nitrogen and oxygen atoms in total. The molecule has 0 aromatic heterocycles.